The minimum atomic E-state index is -0.969. The highest BCUT2D eigenvalue weighted by atomic mass is 19.1. The molecule has 0 saturated carbocycles. The van der Waals surface area contributed by atoms with Crippen molar-refractivity contribution in [2.75, 3.05) is 18.1 Å². The van der Waals surface area contributed by atoms with Crippen molar-refractivity contribution in [3.8, 4) is 5.75 Å². The van der Waals surface area contributed by atoms with Crippen molar-refractivity contribution in [2.45, 2.75) is 38.6 Å². The van der Waals surface area contributed by atoms with Gasteiger partial charge in [-0.1, -0.05) is 31.5 Å². The number of halogens is 1. The van der Waals surface area contributed by atoms with Gasteiger partial charge in [-0.15, -0.1) is 0 Å². The highest BCUT2D eigenvalue weighted by Gasteiger charge is 2.28. The second kappa shape index (κ2) is 9.82. The van der Waals surface area contributed by atoms with Crippen LogP contribution in [-0.4, -0.2) is 29.2 Å². The van der Waals surface area contributed by atoms with Crippen LogP contribution in [0.5, 0.6) is 5.75 Å². The number of rotatable bonds is 8. The van der Waals surface area contributed by atoms with Crippen molar-refractivity contribution >= 4 is 22.6 Å². The predicted octanol–water partition coefficient (Wildman–Crippen LogP) is 6.53. The number of aromatic carboxylic acids is 1. The number of fused-ring (bicyclic) bond motifs is 2. The van der Waals surface area contributed by atoms with E-state index in [1.54, 1.807) is 6.07 Å². The molecule has 3 aromatic carbocycles. The van der Waals surface area contributed by atoms with E-state index in [4.69, 9.17) is 4.74 Å². The summed E-state index contributed by atoms with van der Waals surface area (Å²) >= 11 is 0. The van der Waals surface area contributed by atoms with Crippen molar-refractivity contribution in [1.29, 1.82) is 0 Å². The molecular formula is C29H29FN2O3. The Morgan fingerprint density at radius 2 is 1.94 bits per heavy atom. The number of nitrogens with one attached hydrogen (secondary N) is 1. The predicted molar refractivity (Wildman–Crippen MR) is 136 cm³/mol. The highest BCUT2D eigenvalue weighted by Crippen LogP contribution is 2.38. The van der Waals surface area contributed by atoms with Gasteiger partial charge in [-0.05, 0) is 84.5 Å². The van der Waals surface area contributed by atoms with Gasteiger partial charge in [-0.3, -0.25) is 0 Å². The molecule has 4 aromatic rings. The van der Waals surface area contributed by atoms with Gasteiger partial charge in [0.25, 0.3) is 0 Å². The lowest BCUT2D eigenvalue weighted by Gasteiger charge is -2.39. The maximum Gasteiger partial charge on any atom is 0.352 e. The molecule has 0 bridgehead atoms. The summed E-state index contributed by atoms with van der Waals surface area (Å²) in [5.74, 6) is -0.313. The van der Waals surface area contributed by atoms with Crippen LogP contribution < -0.4 is 9.64 Å². The Labute approximate surface area is 204 Å². The van der Waals surface area contributed by atoms with Crippen LogP contribution in [0.1, 0.15) is 53.0 Å². The smallest absolute Gasteiger partial charge is 0.352 e. The molecular weight excluding hydrogens is 443 g/mol. The molecule has 180 valence electrons. The number of carboxylic acid groups (broad SMARTS) is 1. The molecule has 1 unspecified atom stereocenters. The summed E-state index contributed by atoms with van der Waals surface area (Å²) in [4.78, 5) is 16.7. The van der Waals surface area contributed by atoms with Gasteiger partial charge in [-0.25, -0.2) is 9.18 Å². The number of nitrogens with zero attached hydrogens (tertiary/aromatic N) is 1. The lowest BCUT2D eigenvalue weighted by molar-refractivity contribution is 0.0691. The molecule has 5 nitrogen and oxygen atoms in total. The lowest BCUT2D eigenvalue weighted by Crippen LogP contribution is -2.36. The topological polar surface area (TPSA) is 65.6 Å². The fourth-order valence-corrected chi connectivity index (χ4v) is 4.91. The first-order chi connectivity index (χ1) is 17.0. The van der Waals surface area contributed by atoms with Gasteiger partial charge >= 0.3 is 5.97 Å². The highest BCUT2D eigenvalue weighted by molar-refractivity contribution is 5.93. The Kier molecular flexibility index (Phi) is 6.45. The third-order valence-corrected chi connectivity index (χ3v) is 6.74. The zero-order valence-corrected chi connectivity index (χ0v) is 19.8. The van der Waals surface area contributed by atoms with E-state index in [-0.39, 0.29) is 17.6 Å². The van der Waals surface area contributed by atoms with Crippen LogP contribution in [0.25, 0.3) is 10.9 Å². The van der Waals surface area contributed by atoms with Gasteiger partial charge in [0.15, 0.2) is 0 Å². The normalized spacial score (nSPS) is 15.3. The van der Waals surface area contributed by atoms with Crippen LogP contribution in [0.15, 0.2) is 66.7 Å². The van der Waals surface area contributed by atoms with Crippen molar-refractivity contribution in [3.05, 3.63) is 94.9 Å². The van der Waals surface area contributed by atoms with Gasteiger partial charge in [0, 0.05) is 23.1 Å². The second-order valence-electron chi connectivity index (χ2n) is 9.11. The molecule has 0 radical (unpaired) electrons. The largest absolute Gasteiger partial charge is 0.494 e. The first-order valence-electron chi connectivity index (χ1n) is 12.1. The monoisotopic (exact) mass is 472 g/mol. The molecule has 0 saturated heterocycles. The van der Waals surface area contributed by atoms with Crippen molar-refractivity contribution in [2.24, 2.45) is 0 Å². The Morgan fingerprint density at radius 3 is 2.71 bits per heavy atom. The summed E-state index contributed by atoms with van der Waals surface area (Å²) in [5.41, 5.74) is 5.59. The average Bonchev–Trinajstić information content (AvgIpc) is 3.29. The summed E-state index contributed by atoms with van der Waals surface area (Å²) in [5, 5.41) is 10.2. The molecule has 2 N–H and O–H groups in total. The SMILES string of the molecule is CCCCOc1ccc2c(c1)CCN(c1ccc(F)cc1)C2Cc1ccc2cc(C(=O)O)[nH]c2c1. The van der Waals surface area contributed by atoms with Crippen molar-refractivity contribution < 1.29 is 19.0 Å². The van der Waals surface area contributed by atoms with Gasteiger partial charge in [0.05, 0.1) is 12.6 Å². The molecule has 1 aliphatic rings. The minimum absolute atomic E-state index is 0.0558. The quantitative estimate of drug-likeness (QED) is 0.286. The molecule has 0 fully saturated rings. The number of ether oxygens (including phenoxy) is 1. The van der Waals surface area contributed by atoms with E-state index in [2.05, 4.69) is 35.0 Å². The standard InChI is InChI=1S/C29H29FN2O3/c1-2-3-14-35-24-10-11-25-20(17-24)12-13-32(23-8-6-22(30)7-9-23)28(25)16-19-4-5-21-18-27(29(33)34)31-26(21)15-19/h4-11,15,17-18,28,31H,2-3,12-14,16H2,1H3,(H,33,34). The first kappa shape index (κ1) is 23.0. The van der Waals surface area contributed by atoms with E-state index in [9.17, 15) is 14.3 Å². The van der Waals surface area contributed by atoms with Crippen LogP contribution in [-0.2, 0) is 12.8 Å². The number of carboxylic acids is 1. The molecule has 0 aliphatic carbocycles. The second-order valence-corrected chi connectivity index (χ2v) is 9.11. The number of H-pyrrole nitrogens is 1. The van der Waals surface area contributed by atoms with E-state index in [0.29, 0.717) is 0 Å². The van der Waals surface area contributed by atoms with Crippen LogP contribution in [0.2, 0.25) is 0 Å². The van der Waals surface area contributed by atoms with Crippen molar-refractivity contribution in [3.63, 3.8) is 0 Å². The van der Waals surface area contributed by atoms with Gasteiger partial charge in [0.1, 0.15) is 17.3 Å². The summed E-state index contributed by atoms with van der Waals surface area (Å²) in [6, 6.07) is 20.8. The summed E-state index contributed by atoms with van der Waals surface area (Å²) < 4.78 is 19.6. The first-order valence-corrected chi connectivity index (χ1v) is 12.1. The van der Waals surface area contributed by atoms with Crippen LogP contribution >= 0.6 is 0 Å². The molecule has 5 rings (SSSR count). The molecule has 1 atom stereocenters. The molecule has 1 aromatic heterocycles. The number of hydrogen-bond acceptors (Lipinski definition) is 3. The zero-order valence-electron chi connectivity index (χ0n) is 19.8. The fraction of sp³-hybridized carbons (Fsp3) is 0.276. The van der Waals surface area contributed by atoms with Gasteiger partial charge in [-0.2, -0.15) is 0 Å². The maximum absolute atomic E-state index is 13.6. The average molecular weight is 473 g/mol. The summed E-state index contributed by atoms with van der Waals surface area (Å²) in [6.07, 6.45) is 3.74. The lowest BCUT2D eigenvalue weighted by atomic mass is 9.88. The number of carbonyl (C=O) groups is 1. The molecule has 0 amide bonds. The van der Waals surface area contributed by atoms with Crippen LogP contribution in [0, 0.1) is 5.82 Å². The fourth-order valence-electron chi connectivity index (χ4n) is 4.91. The van der Waals surface area contributed by atoms with Gasteiger partial charge < -0.3 is 19.7 Å². The number of anilines is 1. The van der Waals surface area contributed by atoms with E-state index in [1.807, 2.05) is 30.3 Å². The van der Waals surface area contributed by atoms with Crippen molar-refractivity contribution in [1.82, 2.24) is 4.98 Å². The minimum Gasteiger partial charge on any atom is -0.494 e. The Morgan fingerprint density at radius 1 is 1.11 bits per heavy atom. The van der Waals surface area contributed by atoms with Crippen LogP contribution in [0.3, 0.4) is 0 Å². The Balaban J connectivity index is 1.49. The number of aromatic nitrogens is 1. The third kappa shape index (κ3) is 4.87. The molecule has 6 heteroatoms. The third-order valence-electron chi connectivity index (χ3n) is 6.74. The van der Waals surface area contributed by atoms with E-state index in [1.165, 1.54) is 23.3 Å². The van der Waals surface area contributed by atoms with Gasteiger partial charge in [0.2, 0.25) is 0 Å². The van der Waals surface area contributed by atoms with E-state index in [0.717, 1.165) is 66.7 Å². The Hall–Kier alpha value is -3.80. The number of unbranched alkanes of at least 4 members (excludes halogenated alkanes) is 1. The molecule has 1 aliphatic heterocycles. The van der Waals surface area contributed by atoms with Crippen LogP contribution in [0.4, 0.5) is 10.1 Å². The molecule has 0 spiro atoms. The molecule has 35 heavy (non-hydrogen) atoms. The summed E-state index contributed by atoms with van der Waals surface area (Å²) in [7, 11) is 0. The Bertz CT molecular complexity index is 1350. The summed E-state index contributed by atoms with van der Waals surface area (Å²) in [6.45, 7) is 3.68. The molecule has 2 heterocycles. The maximum atomic E-state index is 13.6. The number of aromatic amines is 1. The van der Waals surface area contributed by atoms with E-state index >= 15 is 0 Å². The number of hydrogen-bond donors (Lipinski definition) is 2. The zero-order chi connectivity index (χ0) is 24.4. The van der Waals surface area contributed by atoms with E-state index < -0.39 is 5.97 Å². The number of benzene rings is 3.